The molecule has 7 nitrogen and oxygen atoms in total. The van der Waals surface area contributed by atoms with Crippen LogP contribution in [-0.4, -0.2) is 31.2 Å². The average Bonchev–Trinajstić information content (AvgIpc) is 3.03. The van der Waals surface area contributed by atoms with Crippen molar-refractivity contribution in [2.45, 2.75) is 12.5 Å². The molecule has 0 radical (unpaired) electrons. The van der Waals surface area contributed by atoms with E-state index in [1.807, 2.05) is 22.8 Å². The number of rotatable bonds is 2. The van der Waals surface area contributed by atoms with Crippen LogP contribution in [0.1, 0.15) is 18.2 Å². The second-order valence-corrected chi connectivity index (χ2v) is 4.50. The minimum Gasteiger partial charge on any atom is -0.396 e. The van der Waals surface area contributed by atoms with E-state index in [9.17, 15) is 0 Å². The summed E-state index contributed by atoms with van der Waals surface area (Å²) in [5.74, 6) is 0.212. The Morgan fingerprint density at radius 1 is 1.47 bits per heavy atom. The number of aliphatic hydroxyl groups is 1. The first-order valence-corrected chi connectivity index (χ1v) is 5.92. The summed E-state index contributed by atoms with van der Waals surface area (Å²) in [4.78, 5) is 12.2. The van der Waals surface area contributed by atoms with Crippen LogP contribution < -0.4 is 5.73 Å². The van der Waals surface area contributed by atoms with E-state index in [1.165, 1.54) is 0 Å². The smallest absolute Gasteiger partial charge is 0.223 e. The van der Waals surface area contributed by atoms with Crippen LogP contribution in [0.3, 0.4) is 0 Å². The van der Waals surface area contributed by atoms with E-state index in [0.29, 0.717) is 11.2 Å². The second-order valence-electron chi connectivity index (χ2n) is 4.50. The molecule has 1 aliphatic rings. The van der Waals surface area contributed by atoms with Gasteiger partial charge in [-0.3, -0.25) is 0 Å². The molecule has 0 fully saturated rings. The highest BCUT2D eigenvalue weighted by Crippen LogP contribution is 2.30. The van der Waals surface area contributed by atoms with Gasteiger partial charge in [0.1, 0.15) is 11.6 Å². The number of nitrogens with zero attached hydrogens (tertiary/aromatic N) is 5. The quantitative estimate of drug-likeness (QED) is 0.751. The van der Waals surface area contributed by atoms with Crippen LogP contribution in [0.4, 0.5) is 5.95 Å². The summed E-state index contributed by atoms with van der Waals surface area (Å²) in [6.45, 7) is 0.125. The molecule has 3 N–H and O–H groups in total. The molecule has 96 valence electrons. The number of hydrogen-bond acceptors (Lipinski definition) is 6. The summed E-state index contributed by atoms with van der Waals surface area (Å²) in [7, 11) is 0. The molecule has 2 aromatic heterocycles. The third kappa shape index (κ3) is 1.82. The normalized spacial score (nSPS) is 21.9. The van der Waals surface area contributed by atoms with Gasteiger partial charge in [0.15, 0.2) is 11.3 Å². The van der Waals surface area contributed by atoms with Crippen LogP contribution in [-0.2, 0) is 0 Å². The van der Waals surface area contributed by atoms with E-state index in [4.69, 9.17) is 16.1 Å². The van der Waals surface area contributed by atoms with Crippen molar-refractivity contribution in [1.29, 1.82) is 5.26 Å². The minimum atomic E-state index is 0.0616. The third-order valence-electron chi connectivity index (χ3n) is 3.29. The van der Waals surface area contributed by atoms with Crippen LogP contribution >= 0.6 is 0 Å². The van der Waals surface area contributed by atoms with Gasteiger partial charge in [0.2, 0.25) is 5.95 Å². The summed E-state index contributed by atoms with van der Waals surface area (Å²) < 4.78 is 1.86. The van der Waals surface area contributed by atoms with Crippen molar-refractivity contribution in [3.05, 3.63) is 24.2 Å². The Morgan fingerprint density at radius 2 is 2.32 bits per heavy atom. The first-order valence-electron chi connectivity index (χ1n) is 5.92. The lowest BCUT2D eigenvalue weighted by Crippen LogP contribution is -2.08. The Labute approximate surface area is 109 Å². The van der Waals surface area contributed by atoms with Gasteiger partial charge in [0.25, 0.3) is 0 Å². The molecule has 0 aliphatic heterocycles. The highest BCUT2D eigenvalue weighted by atomic mass is 16.3. The molecule has 2 heterocycles. The lowest BCUT2D eigenvalue weighted by molar-refractivity contribution is 0.244. The molecule has 0 amide bonds. The molecule has 0 saturated heterocycles. The number of imidazole rings is 1. The van der Waals surface area contributed by atoms with Crippen molar-refractivity contribution in [3.8, 4) is 6.07 Å². The van der Waals surface area contributed by atoms with Crippen LogP contribution in [0.15, 0.2) is 18.5 Å². The predicted molar refractivity (Wildman–Crippen MR) is 67.8 cm³/mol. The number of allylic oxidation sites excluding steroid dienone is 1. The third-order valence-corrected chi connectivity index (χ3v) is 3.29. The lowest BCUT2D eigenvalue weighted by atomic mass is 10.1. The van der Waals surface area contributed by atoms with Gasteiger partial charge in [-0.15, -0.1) is 0 Å². The molecule has 7 heteroatoms. The molecule has 0 aromatic carbocycles. The van der Waals surface area contributed by atoms with Gasteiger partial charge < -0.3 is 15.4 Å². The molecule has 1 aliphatic carbocycles. The highest BCUT2D eigenvalue weighted by molar-refractivity contribution is 5.77. The van der Waals surface area contributed by atoms with Gasteiger partial charge >= 0.3 is 0 Å². The fourth-order valence-electron chi connectivity index (χ4n) is 2.35. The zero-order valence-electron chi connectivity index (χ0n) is 10.1. The van der Waals surface area contributed by atoms with E-state index in [1.54, 1.807) is 6.33 Å². The number of nitrogen functional groups attached to an aromatic ring is 1. The zero-order chi connectivity index (χ0) is 13.4. The van der Waals surface area contributed by atoms with Gasteiger partial charge in [-0.05, 0) is 6.42 Å². The first-order chi connectivity index (χ1) is 9.22. The molecular weight excluding hydrogens is 244 g/mol. The number of fused-ring (bicyclic) bond motifs is 1. The number of aromatic nitrogens is 4. The fraction of sp³-hybridized carbons (Fsp3) is 0.333. The number of hydrogen-bond donors (Lipinski definition) is 2. The van der Waals surface area contributed by atoms with Gasteiger partial charge in [-0.25, -0.2) is 4.98 Å². The number of nitriles is 1. The van der Waals surface area contributed by atoms with Crippen molar-refractivity contribution in [1.82, 2.24) is 19.5 Å². The van der Waals surface area contributed by atoms with Crippen molar-refractivity contribution in [2.75, 3.05) is 12.3 Å². The summed E-state index contributed by atoms with van der Waals surface area (Å²) >= 11 is 0. The molecular formula is C12H12N6O. The fourth-order valence-corrected chi connectivity index (χ4v) is 2.35. The van der Waals surface area contributed by atoms with Crippen molar-refractivity contribution in [3.63, 3.8) is 0 Å². The number of anilines is 1. The zero-order valence-corrected chi connectivity index (χ0v) is 10.1. The Bertz CT molecular complexity index is 698. The minimum absolute atomic E-state index is 0.0616. The molecule has 2 atom stereocenters. The summed E-state index contributed by atoms with van der Waals surface area (Å²) in [6, 6.07) is 2.04. The highest BCUT2D eigenvalue weighted by Gasteiger charge is 2.22. The number of nitrogens with two attached hydrogens (primary N) is 1. The van der Waals surface area contributed by atoms with E-state index >= 15 is 0 Å². The topological polar surface area (TPSA) is 114 Å². The maximum absolute atomic E-state index is 9.16. The molecule has 0 bridgehead atoms. The van der Waals surface area contributed by atoms with Crippen LogP contribution in [0.2, 0.25) is 0 Å². The van der Waals surface area contributed by atoms with E-state index in [0.717, 1.165) is 6.42 Å². The predicted octanol–water partition coefficient (Wildman–Crippen LogP) is 0.390. The van der Waals surface area contributed by atoms with E-state index < -0.39 is 0 Å². The molecule has 0 saturated carbocycles. The maximum atomic E-state index is 9.16. The van der Waals surface area contributed by atoms with Gasteiger partial charge in [-0.1, -0.05) is 12.2 Å². The average molecular weight is 256 g/mol. The van der Waals surface area contributed by atoms with Crippen molar-refractivity contribution < 1.29 is 5.11 Å². The van der Waals surface area contributed by atoms with Crippen molar-refractivity contribution >= 4 is 17.1 Å². The number of aliphatic hydroxyl groups excluding tert-OH is 1. The van der Waals surface area contributed by atoms with Crippen LogP contribution in [0.5, 0.6) is 0 Å². The Kier molecular flexibility index (Phi) is 2.65. The van der Waals surface area contributed by atoms with Gasteiger partial charge in [0, 0.05) is 12.5 Å². The maximum Gasteiger partial charge on any atom is 0.223 e. The van der Waals surface area contributed by atoms with Crippen molar-refractivity contribution in [2.24, 2.45) is 5.92 Å². The van der Waals surface area contributed by atoms with Gasteiger partial charge in [0.05, 0.1) is 12.4 Å². The standard InChI is InChI=1S/C12H12N6O/c13-4-9-10-11(17-12(14)16-9)18(6-15-10)8-2-1-7(3-8)5-19/h1-2,6-8,19H,3,5H2,(H2,14,16,17). The largest absolute Gasteiger partial charge is 0.396 e. The molecule has 2 aromatic rings. The second kappa shape index (κ2) is 4.33. The van der Waals surface area contributed by atoms with Gasteiger partial charge in [-0.2, -0.15) is 15.2 Å². The summed E-state index contributed by atoms with van der Waals surface area (Å²) in [5.41, 5.74) is 6.80. The molecule has 3 rings (SSSR count). The SMILES string of the molecule is N#Cc1nc(N)nc2c1ncn2C1C=CC(CO)C1. The molecule has 2 unspecified atom stereocenters. The Balaban J connectivity index is 2.09. The van der Waals surface area contributed by atoms with Crippen LogP contribution in [0.25, 0.3) is 11.2 Å². The van der Waals surface area contributed by atoms with E-state index in [-0.39, 0.29) is 30.2 Å². The Morgan fingerprint density at radius 3 is 3.00 bits per heavy atom. The lowest BCUT2D eigenvalue weighted by Gasteiger charge is -2.12. The van der Waals surface area contributed by atoms with E-state index in [2.05, 4.69) is 15.0 Å². The molecule has 0 spiro atoms. The van der Waals surface area contributed by atoms with Crippen LogP contribution in [0, 0.1) is 17.2 Å². The summed E-state index contributed by atoms with van der Waals surface area (Å²) in [5, 5.41) is 18.2. The monoisotopic (exact) mass is 256 g/mol. The first kappa shape index (κ1) is 11.6. The summed E-state index contributed by atoms with van der Waals surface area (Å²) in [6.07, 6.45) is 6.40. The Hall–Kier alpha value is -2.46. The molecule has 19 heavy (non-hydrogen) atoms.